The third-order valence-electron chi connectivity index (χ3n) is 8.34. The van der Waals surface area contributed by atoms with Gasteiger partial charge in [-0.2, -0.15) is 0 Å². The number of carbonyl (C=O) groups excluding carboxylic acids is 2. The Morgan fingerprint density at radius 1 is 0.596 bits per heavy atom. The van der Waals surface area contributed by atoms with E-state index < -0.39 is 18.1 Å². The molecule has 296 valence electrons. The van der Waals surface area contributed by atoms with E-state index in [4.69, 9.17) is 14.2 Å². The summed E-state index contributed by atoms with van der Waals surface area (Å²) in [5, 5.41) is 9.58. The first-order valence-corrected chi connectivity index (χ1v) is 20.0. The molecule has 52 heavy (non-hydrogen) atoms. The molecule has 0 heterocycles. The Hall–Kier alpha value is -3.23. The van der Waals surface area contributed by atoms with Gasteiger partial charge in [0.1, 0.15) is 6.61 Å². The fourth-order valence-electron chi connectivity index (χ4n) is 5.24. The van der Waals surface area contributed by atoms with Crippen LogP contribution in [0.15, 0.2) is 72.9 Å². The van der Waals surface area contributed by atoms with Crippen LogP contribution in [0.1, 0.15) is 136 Å². The van der Waals surface area contributed by atoms with Crippen LogP contribution in [0.5, 0.6) is 0 Å². The van der Waals surface area contributed by atoms with Crippen LogP contribution in [-0.2, 0) is 28.6 Å². The number of rotatable bonds is 34. The minimum Gasteiger partial charge on any atom is -0.477 e. The number of likely N-dealkylation sites (N-methyl/N-ethyl adjacent to an activating group) is 1. The standard InChI is InChI=1S/C44H73NO7/c1-6-8-10-12-14-16-17-18-19-20-21-22-23-24-25-27-29-31-33-35-43(47)52-40(38-50-37-36-41(44(48)49)45(3,4)5)39-51-42(46)34-32-30-28-26-15-13-11-9-7-2/h8,10,14,16,18-19,21-22,24-26,28,40-41H,6-7,9,11-13,15,17,20,23,27,29-39H2,1-5H3/p+1/b10-8+,16-14+,19-18+,22-21+,25-24+,28-26+. The Kier molecular flexibility index (Phi) is 32.7. The van der Waals surface area contributed by atoms with Gasteiger partial charge in [0.05, 0.1) is 34.4 Å². The second-order valence-corrected chi connectivity index (χ2v) is 14.1. The van der Waals surface area contributed by atoms with Gasteiger partial charge in [0.15, 0.2) is 12.1 Å². The highest BCUT2D eigenvalue weighted by molar-refractivity contribution is 5.72. The first-order chi connectivity index (χ1) is 25.1. The van der Waals surface area contributed by atoms with Crippen LogP contribution < -0.4 is 0 Å². The minimum absolute atomic E-state index is 0.0351. The van der Waals surface area contributed by atoms with E-state index in [2.05, 4.69) is 86.8 Å². The molecular formula is C44H74NO7+. The molecule has 0 aromatic heterocycles. The first kappa shape index (κ1) is 48.8. The normalized spacial score (nSPS) is 13.8. The van der Waals surface area contributed by atoms with Crippen molar-refractivity contribution >= 4 is 17.9 Å². The van der Waals surface area contributed by atoms with Crippen molar-refractivity contribution in [2.75, 3.05) is 41.0 Å². The second-order valence-electron chi connectivity index (χ2n) is 14.1. The number of unbranched alkanes of at least 4 members (excludes halogenated alkanes) is 8. The van der Waals surface area contributed by atoms with E-state index in [0.717, 1.165) is 64.2 Å². The second kappa shape index (κ2) is 34.8. The summed E-state index contributed by atoms with van der Waals surface area (Å²) < 4.78 is 17.1. The van der Waals surface area contributed by atoms with Crippen LogP contribution in [0.2, 0.25) is 0 Å². The van der Waals surface area contributed by atoms with Gasteiger partial charge in [-0.3, -0.25) is 9.59 Å². The smallest absolute Gasteiger partial charge is 0.362 e. The van der Waals surface area contributed by atoms with E-state index >= 15 is 0 Å². The Morgan fingerprint density at radius 2 is 1.10 bits per heavy atom. The zero-order valence-electron chi connectivity index (χ0n) is 33.5. The molecule has 2 atom stereocenters. The number of hydrogen-bond donors (Lipinski definition) is 1. The van der Waals surface area contributed by atoms with E-state index in [1.165, 1.54) is 25.7 Å². The fourth-order valence-corrected chi connectivity index (χ4v) is 5.24. The van der Waals surface area contributed by atoms with Crippen molar-refractivity contribution in [2.45, 2.75) is 148 Å². The van der Waals surface area contributed by atoms with Crippen LogP contribution >= 0.6 is 0 Å². The average Bonchev–Trinajstić information content (AvgIpc) is 3.09. The van der Waals surface area contributed by atoms with E-state index in [1.807, 2.05) is 21.1 Å². The van der Waals surface area contributed by atoms with Gasteiger partial charge in [0.25, 0.3) is 0 Å². The van der Waals surface area contributed by atoms with Crippen molar-refractivity contribution in [2.24, 2.45) is 0 Å². The van der Waals surface area contributed by atoms with E-state index in [9.17, 15) is 19.5 Å². The maximum absolute atomic E-state index is 12.7. The summed E-state index contributed by atoms with van der Waals surface area (Å²) in [6, 6.07) is -0.626. The lowest BCUT2D eigenvalue weighted by Gasteiger charge is -2.31. The summed E-state index contributed by atoms with van der Waals surface area (Å²) in [7, 11) is 5.49. The van der Waals surface area contributed by atoms with Crippen LogP contribution in [0.4, 0.5) is 0 Å². The van der Waals surface area contributed by atoms with Gasteiger partial charge >= 0.3 is 17.9 Å². The maximum atomic E-state index is 12.7. The van der Waals surface area contributed by atoms with Gasteiger partial charge in [-0.15, -0.1) is 0 Å². The monoisotopic (exact) mass is 729 g/mol. The van der Waals surface area contributed by atoms with Crippen LogP contribution in [-0.4, -0.2) is 80.6 Å². The molecule has 0 fully saturated rings. The lowest BCUT2D eigenvalue weighted by Crippen LogP contribution is -2.50. The third kappa shape index (κ3) is 32.7. The summed E-state index contributed by atoms with van der Waals surface area (Å²) in [5.74, 6) is -1.57. The van der Waals surface area contributed by atoms with E-state index in [0.29, 0.717) is 25.7 Å². The van der Waals surface area contributed by atoms with Gasteiger partial charge in [-0.25, -0.2) is 4.79 Å². The zero-order valence-corrected chi connectivity index (χ0v) is 33.5. The van der Waals surface area contributed by atoms with Crippen LogP contribution in [0.3, 0.4) is 0 Å². The van der Waals surface area contributed by atoms with Crippen LogP contribution in [0, 0.1) is 0 Å². The molecular weight excluding hydrogens is 654 g/mol. The molecule has 0 aromatic carbocycles. The Labute approximate surface area is 317 Å². The summed E-state index contributed by atoms with van der Waals surface area (Å²) in [5.41, 5.74) is 0. The average molecular weight is 729 g/mol. The quantitative estimate of drug-likeness (QED) is 0.0305. The fraction of sp³-hybridized carbons (Fsp3) is 0.659. The van der Waals surface area contributed by atoms with E-state index in [-0.39, 0.29) is 42.7 Å². The van der Waals surface area contributed by atoms with Gasteiger partial charge in [0, 0.05) is 19.3 Å². The number of ether oxygens (including phenoxy) is 3. The number of nitrogens with zero attached hydrogens (tertiary/aromatic N) is 1. The maximum Gasteiger partial charge on any atom is 0.362 e. The molecule has 0 saturated carbocycles. The lowest BCUT2D eigenvalue weighted by atomic mass is 10.1. The predicted molar refractivity (Wildman–Crippen MR) is 215 cm³/mol. The molecule has 0 radical (unpaired) electrons. The highest BCUT2D eigenvalue weighted by Gasteiger charge is 2.31. The highest BCUT2D eigenvalue weighted by atomic mass is 16.6. The molecule has 0 saturated heterocycles. The van der Waals surface area contributed by atoms with Gasteiger partial charge in [-0.1, -0.05) is 112 Å². The Balaban J connectivity index is 4.47. The zero-order chi connectivity index (χ0) is 38.5. The summed E-state index contributed by atoms with van der Waals surface area (Å²) in [6.07, 6.45) is 42.4. The third-order valence-corrected chi connectivity index (χ3v) is 8.34. The van der Waals surface area contributed by atoms with Crippen LogP contribution in [0.25, 0.3) is 0 Å². The largest absolute Gasteiger partial charge is 0.477 e. The molecule has 0 spiro atoms. The minimum atomic E-state index is -0.888. The van der Waals surface area contributed by atoms with Gasteiger partial charge in [-0.05, 0) is 77.0 Å². The van der Waals surface area contributed by atoms with Crippen molar-refractivity contribution in [3.8, 4) is 0 Å². The molecule has 8 nitrogen and oxygen atoms in total. The van der Waals surface area contributed by atoms with Crippen molar-refractivity contribution in [1.82, 2.24) is 0 Å². The Morgan fingerprint density at radius 3 is 1.63 bits per heavy atom. The summed E-state index contributed by atoms with van der Waals surface area (Å²) in [4.78, 5) is 36.7. The first-order valence-electron chi connectivity index (χ1n) is 20.0. The molecule has 0 aliphatic rings. The number of esters is 2. The van der Waals surface area contributed by atoms with Crippen molar-refractivity contribution < 1.29 is 38.2 Å². The number of aliphatic carboxylic acids is 1. The molecule has 0 amide bonds. The van der Waals surface area contributed by atoms with Crippen molar-refractivity contribution in [3.63, 3.8) is 0 Å². The van der Waals surface area contributed by atoms with Gasteiger partial charge in [0.2, 0.25) is 0 Å². The molecule has 0 aromatic rings. The Bertz CT molecular complexity index is 1080. The molecule has 2 unspecified atom stereocenters. The number of allylic oxidation sites excluding steroid dienone is 12. The van der Waals surface area contributed by atoms with Crippen molar-refractivity contribution in [3.05, 3.63) is 72.9 Å². The number of carboxylic acid groups (broad SMARTS) is 1. The summed E-state index contributed by atoms with van der Waals surface area (Å²) >= 11 is 0. The van der Waals surface area contributed by atoms with E-state index in [1.54, 1.807) is 0 Å². The van der Waals surface area contributed by atoms with Gasteiger partial charge < -0.3 is 23.8 Å². The number of hydrogen-bond acceptors (Lipinski definition) is 6. The number of quaternary nitrogens is 1. The topological polar surface area (TPSA) is 99.1 Å². The molecule has 0 aliphatic carbocycles. The highest BCUT2D eigenvalue weighted by Crippen LogP contribution is 2.11. The molecule has 0 aliphatic heterocycles. The summed E-state index contributed by atoms with van der Waals surface area (Å²) in [6.45, 7) is 4.49. The number of carbonyl (C=O) groups is 3. The molecule has 0 bridgehead atoms. The predicted octanol–water partition coefficient (Wildman–Crippen LogP) is 10.4. The molecule has 1 N–H and O–H groups in total. The molecule has 0 rings (SSSR count). The molecule has 8 heteroatoms. The SMILES string of the molecule is CC/C=C/C/C=C/C/C=C/C/C=C/C/C=C/CCCCCC(=O)OC(COCCC(C(=O)O)[N+](C)(C)C)COC(=O)CCC/C=C/CCCCCC. The van der Waals surface area contributed by atoms with Crippen molar-refractivity contribution in [1.29, 1.82) is 0 Å². The number of carboxylic acids is 1. The lowest BCUT2D eigenvalue weighted by molar-refractivity contribution is -0.887.